The van der Waals surface area contributed by atoms with Gasteiger partial charge in [-0.2, -0.15) is 9.97 Å². The van der Waals surface area contributed by atoms with Gasteiger partial charge in [0.05, 0.1) is 8.95 Å². The molecule has 0 amide bonds. The maximum Gasteiger partial charge on any atom is 1.00 e. The zero-order chi connectivity index (χ0) is 14.7. The molecule has 10 heteroatoms. The van der Waals surface area contributed by atoms with Crippen LogP contribution in [0.4, 0.5) is 5.95 Å². The van der Waals surface area contributed by atoms with Crippen molar-refractivity contribution in [3.8, 4) is 0 Å². The molecule has 2 rings (SSSR count). The summed E-state index contributed by atoms with van der Waals surface area (Å²) in [5, 5.41) is 6.52. The van der Waals surface area contributed by atoms with Gasteiger partial charge in [-0.05, 0) is 43.5 Å². The van der Waals surface area contributed by atoms with Crippen LogP contribution < -0.4 is 29.6 Å². The molecule has 2 aromatic rings. The van der Waals surface area contributed by atoms with Crippen molar-refractivity contribution in [3.05, 3.63) is 57.0 Å². The smallest absolute Gasteiger partial charge is 0.512 e. The van der Waals surface area contributed by atoms with Crippen LogP contribution in [0.3, 0.4) is 0 Å². The summed E-state index contributed by atoms with van der Waals surface area (Å²) < 4.78 is 1.62. The van der Waals surface area contributed by atoms with Crippen molar-refractivity contribution in [3.63, 3.8) is 0 Å². The summed E-state index contributed by atoms with van der Waals surface area (Å²) in [6, 6.07) is 0. The molecule has 0 fully saturated rings. The van der Waals surface area contributed by atoms with E-state index in [4.69, 9.17) is 30.0 Å². The Bertz CT molecular complexity index is 534. The average Bonchev–Trinajstić information content (AvgIpc) is 2.46. The van der Waals surface area contributed by atoms with Gasteiger partial charge >= 0.3 is 35.5 Å². The second kappa shape index (κ2) is 13.4. The number of halogens is 3. The standard InChI is InChI=1S/C5H2BrN3.C4H2BrClN2.CN.Na/c1-7-5-8-2-4(6)3-9-5;5-3-1-7-4(6)8-2-3;1-2;/h2-3H;1-2H;;/q;;-1;+1. The molecule has 0 aliphatic rings. The van der Waals surface area contributed by atoms with E-state index in [0.717, 1.165) is 8.95 Å². The minimum atomic E-state index is 0. The van der Waals surface area contributed by atoms with Crippen LogP contribution in [0, 0.1) is 18.4 Å². The molecule has 0 N–H and O–H groups in total. The fraction of sp³-hybridized carbons (Fsp3) is 0. The van der Waals surface area contributed by atoms with E-state index in [9.17, 15) is 0 Å². The maximum absolute atomic E-state index is 6.50. The van der Waals surface area contributed by atoms with Gasteiger partial charge in [-0.3, -0.25) is 0 Å². The largest absolute Gasteiger partial charge is 1.00 e. The van der Waals surface area contributed by atoms with Crippen LogP contribution in [0.15, 0.2) is 33.7 Å². The minimum absolute atomic E-state index is 0. The molecule has 0 radical (unpaired) electrons. The molecule has 2 aromatic heterocycles. The number of aromatic nitrogens is 4. The van der Waals surface area contributed by atoms with Gasteiger partial charge in [0.2, 0.25) is 5.28 Å². The first-order valence-electron chi connectivity index (χ1n) is 4.32. The molecule has 20 heavy (non-hydrogen) atoms. The maximum atomic E-state index is 6.50. The first-order chi connectivity index (χ1) is 9.11. The molecule has 6 nitrogen and oxygen atoms in total. The molecule has 96 valence electrons. The summed E-state index contributed by atoms with van der Waals surface area (Å²) >= 11 is 11.7. The van der Waals surface area contributed by atoms with Crippen molar-refractivity contribution in [1.82, 2.24) is 19.9 Å². The first-order valence-corrected chi connectivity index (χ1v) is 6.28. The Kier molecular flexibility index (Phi) is 14.5. The van der Waals surface area contributed by atoms with Crippen LogP contribution in [0.2, 0.25) is 5.28 Å². The van der Waals surface area contributed by atoms with Gasteiger partial charge in [0.15, 0.2) is 0 Å². The molecule has 0 aliphatic heterocycles. The second-order valence-corrected chi connectivity index (χ2v) is 4.65. The van der Waals surface area contributed by atoms with E-state index in [-0.39, 0.29) is 40.8 Å². The molecule has 2 heterocycles. The topological polar surface area (TPSA) is 79.7 Å². The third-order valence-corrected chi connectivity index (χ3v) is 2.31. The number of rotatable bonds is 0. The Morgan fingerprint density at radius 2 is 1.30 bits per heavy atom. The fourth-order valence-corrected chi connectivity index (χ4v) is 1.17. The molecular weight excluding hydrogens is 422 g/mol. The summed E-state index contributed by atoms with van der Waals surface area (Å²) in [5.74, 6) is 0.179. The van der Waals surface area contributed by atoms with Crippen LogP contribution in [0.1, 0.15) is 0 Å². The average molecular weight is 426 g/mol. The van der Waals surface area contributed by atoms with Gasteiger partial charge < -0.3 is 16.7 Å². The van der Waals surface area contributed by atoms with E-state index in [1.807, 2.05) is 0 Å². The summed E-state index contributed by atoms with van der Waals surface area (Å²) in [7, 11) is 0. The first kappa shape index (κ1) is 21.7. The molecule has 0 aliphatic carbocycles. The van der Waals surface area contributed by atoms with Crippen molar-refractivity contribution in [2.24, 2.45) is 0 Å². The number of hydrogen-bond acceptors (Lipinski definition) is 5. The van der Waals surface area contributed by atoms with Gasteiger partial charge in [0.25, 0.3) is 0 Å². The molecule has 0 saturated heterocycles. The van der Waals surface area contributed by atoms with Crippen molar-refractivity contribution in [1.29, 1.82) is 5.26 Å². The van der Waals surface area contributed by atoms with Crippen LogP contribution in [0.5, 0.6) is 0 Å². The van der Waals surface area contributed by atoms with E-state index in [2.05, 4.69) is 56.6 Å². The van der Waals surface area contributed by atoms with E-state index in [1.54, 1.807) is 24.8 Å². The van der Waals surface area contributed by atoms with Crippen molar-refractivity contribution >= 4 is 49.4 Å². The molecule has 0 spiro atoms. The van der Waals surface area contributed by atoms with E-state index >= 15 is 0 Å². The monoisotopic (exact) mass is 424 g/mol. The van der Waals surface area contributed by atoms with Crippen molar-refractivity contribution < 1.29 is 29.6 Å². The van der Waals surface area contributed by atoms with Gasteiger partial charge in [0, 0.05) is 12.4 Å². The Hall–Kier alpha value is -0.610. The Morgan fingerprint density at radius 3 is 1.60 bits per heavy atom. The predicted molar refractivity (Wildman–Crippen MR) is 75.7 cm³/mol. The summed E-state index contributed by atoms with van der Waals surface area (Å²) in [4.78, 5) is 17.8. The predicted octanol–water partition coefficient (Wildman–Crippen LogP) is 0.783. The number of hydrogen-bond donors (Lipinski definition) is 0. The van der Waals surface area contributed by atoms with Crippen molar-refractivity contribution in [2.45, 2.75) is 0 Å². The van der Waals surface area contributed by atoms with E-state index in [1.165, 1.54) is 0 Å². The summed E-state index contributed by atoms with van der Waals surface area (Å²) in [6.07, 6.45) is 6.27. The Labute approximate surface area is 160 Å². The van der Waals surface area contributed by atoms with Gasteiger partial charge in [0.1, 0.15) is 12.4 Å². The minimum Gasteiger partial charge on any atom is -0.512 e. The molecule has 0 atom stereocenters. The zero-order valence-electron chi connectivity index (χ0n) is 10.1. The van der Waals surface area contributed by atoms with Gasteiger partial charge in [-0.25, -0.2) is 9.97 Å². The van der Waals surface area contributed by atoms with Gasteiger partial charge in [-0.15, -0.1) is 6.57 Å². The summed E-state index contributed by atoms with van der Waals surface area (Å²) in [5.41, 5.74) is 0. The van der Waals surface area contributed by atoms with E-state index in [0.29, 0.717) is 0 Å². The normalized spacial score (nSPS) is 7.60. The van der Waals surface area contributed by atoms with Crippen molar-refractivity contribution in [2.75, 3.05) is 0 Å². The Morgan fingerprint density at radius 1 is 0.950 bits per heavy atom. The molecular formula is C10H4Br2ClN6Na. The third kappa shape index (κ3) is 10.2. The molecule has 0 unspecified atom stereocenters. The SMILES string of the molecule is Clc1ncc(Br)cn1.[C-]#N.[C-]#[N+]c1ncc(Br)cn1.[Na+]. The van der Waals surface area contributed by atoms with Crippen LogP contribution in [-0.2, 0) is 0 Å². The number of nitrogens with zero attached hydrogens (tertiary/aromatic N) is 6. The Balaban J connectivity index is 0. The second-order valence-electron chi connectivity index (χ2n) is 2.48. The zero-order valence-corrected chi connectivity index (χ0v) is 16.1. The molecule has 0 saturated carbocycles. The summed E-state index contributed by atoms with van der Waals surface area (Å²) in [6.45, 7) is 11.2. The third-order valence-electron chi connectivity index (χ3n) is 1.30. The fourth-order valence-electron chi connectivity index (χ4n) is 0.660. The van der Waals surface area contributed by atoms with E-state index < -0.39 is 0 Å². The molecule has 0 aromatic carbocycles. The van der Waals surface area contributed by atoms with Crippen LogP contribution >= 0.6 is 43.5 Å². The van der Waals surface area contributed by atoms with Gasteiger partial charge in [-0.1, -0.05) is 0 Å². The van der Waals surface area contributed by atoms with Crippen LogP contribution in [-0.4, -0.2) is 19.9 Å². The quantitative estimate of drug-likeness (QED) is 0.354. The van der Waals surface area contributed by atoms with Crippen LogP contribution in [0.25, 0.3) is 4.85 Å². The molecule has 0 bridgehead atoms.